The molecule has 0 saturated heterocycles. The summed E-state index contributed by atoms with van der Waals surface area (Å²) in [6, 6.07) is 5.33. The highest BCUT2D eigenvalue weighted by molar-refractivity contribution is 7.13. The Labute approximate surface area is 126 Å². The van der Waals surface area contributed by atoms with Crippen LogP contribution in [0.4, 0.5) is 5.69 Å². The monoisotopic (exact) mass is 304 g/mol. The third kappa shape index (κ3) is 3.03. The van der Waals surface area contributed by atoms with Crippen molar-refractivity contribution in [1.29, 1.82) is 0 Å². The highest BCUT2D eigenvalue weighted by Crippen LogP contribution is 2.23. The van der Waals surface area contributed by atoms with Gasteiger partial charge in [-0.1, -0.05) is 17.3 Å². The van der Waals surface area contributed by atoms with Gasteiger partial charge in [0.1, 0.15) is 4.88 Å². The predicted molar refractivity (Wildman–Crippen MR) is 83.2 cm³/mol. The molecule has 4 N–H and O–H groups in total. The zero-order valence-corrected chi connectivity index (χ0v) is 12.8. The maximum Gasteiger partial charge on any atom is 0.267 e. The lowest BCUT2D eigenvalue weighted by atomic mass is 10.1. The fourth-order valence-electron chi connectivity index (χ4n) is 2.08. The van der Waals surface area contributed by atoms with Crippen LogP contribution in [0.15, 0.2) is 23.4 Å². The van der Waals surface area contributed by atoms with E-state index in [-0.39, 0.29) is 11.7 Å². The Morgan fingerprint density at radius 2 is 2.10 bits per heavy atom. The molecule has 0 aliphatic heterocycles. The average molecular weight is 304 g/mol. The van der Waals surface area contributed by atoms with Crippen LogP contribution in [0.2, 0.25) is 0 Å². The number of rotatable bonds is 3. The van der Waals surface area contributed by atoms with Crippen molar-refractivity contribution in [3.8, 4) is 0 Å². The van der Waals surface area contributed by atoms with Gasteiger partial charge in [-0.05, 0) is 32.4 Å². The number of carbonyl (C=O) groups excluding carboxylic acids is 1. The third-order valence-electron chi connectivity index (χ3n) is 2.99. The number of oxime groups is 1. The fraction of sp³-hybridized carbons (Fsp3) is 0.214. The smallest absolute Gasteiger partial charge is 0.267 e. The first-order chi connectivity index (χ1) is 9.93. The molecule has 0 spiro atoms. The molecule has 21 heavy (non-hydrogen) atoms. The van der Waals surface area contributed by atoms with E-state index in [4.69, 9.17) is 10.9 Å². The average Bonchev–Trinajstić information content (AvgIpc) is 2.77. The minimum atomic E-state index is -0.254. The molecule has 2 rings (SSSR count). The van der Waals surface area contributed by atoms with E-state index in [1.807, 2.05) is 19.9 Å². The van der Waals surface area contributed by atoms with Crippen molar-refractivity contribution in [2.45, 2.75) is 20.8 Å². The number of thiazole rings is 1. The number of benzene rings is 1. The van der Waals surface area contributed by atoms with E-state index < -0.39 is 0 Å². The van der Waals surface area contributed by atoms with Gasteiger partial charge in [0.05, 0.1) is 16.4 Å². The molecule has 0 unspecified atom stereocenters. The minimum Gasteiger partial charge on any atom is -0.409 e. The number of nitrogens with two attached hydrogens (primary N) is 1. The zero-order chi connectivity index (χ0) is 15.6. The molecule has 0 atom stereocenters. The van der Waals surface area contributed by atoms with Crippen LogP contribution in [-0.4, -0.2) is 21.9 Å². The van der Waals surface area contributed by atoms with Gasteiger partial charge in [-0.2, -0.15) is 0 Å². The minimum absolute atomic E-state index is 0.0411. The van der Waals surface area contributed by atoms with Crippen molar-refractivity contribution in [3.63, 3.8) is 0 Å². The van der Waals surface area contributed by atoms with Crippen molar-refractivity contribution in [2.75, 3.05) is 5.32 Å². The normalized spacial score (nSPS) is 11.5. The molecule has 6 nitrogen and oxygen atoms in total. The van der Waals surface area contributed by atoms with E-state index in [2.05, 4.69) is 15.5 Å². The molecule has 1 amide bonds. The Hall–Kier alpha value is -2.41. The summed E-state index contributed by atoms with van der Waals surface area (Å²) >= 11 is 1.33. The van der Waals surface area contributed by atoms with Crippen molar-refractivity contribution in [3.05, 3.63) is 44.9 Å². The van der Waals surface area contributed by atoms with Crippen molar-refractivity contribution < 1.29 is 10.0 Å². The van der Waals surface area contributed by atoms with Gasteiger partial charge < -0.3 is 16.3 Å². The number of hydrogen-bond acceptors (Lipinski definition) is 5. The maximum absolute atomic E-state index is 12.3. The summed E-state index contributed by atoms with van der Waals surface area (Å²) in [5, 5.41) is 15.5. The summed E-state index contributed by atoms with van der Waals surface area (Å²) in [5.74, 6) is -0.295. The van der Waals surface area contributed by atoms with Crippen molar-refractivity contribution in [2.24, 2.45) is 10.9 Å². The molecular formula is C14H16N4O2S. The molecule has 7 heteroatoms. The highest BCUT2D eigenvalue weighted by Gasteiger charge is 2.17. The number of amides is 1. The van der Waals surface area contributed by atoms with Crippen LogP contribution in [0.1, 0.15) is 31.5 Å². The number of carbonyl (C=O) groups is 1. The van der Waals surface area contributed by atoms with Crippen LogP contribution in [-0.2, 0) is 0 Å². The molecule has 0 aliphatic carbocycles. The third-order valence-corrected chi connectivity index (χ3v) is 4.07. The predicted octanol–water partition coefficient (Wildman–Crippen LogP) is 2.42. The van der Waals surface area contributed by atoms with E-state index in [1.165, 1.54) is 11.3 Å². The van der Waals surface area contributed by atoms with Gasteiger partial charge in [0, 0.05) is 5.56 Å². The van der Waals surface area contributed by atoms with E-state index >= 15 is 0 Å². The number of hydrogen-bond donors (Lipinski definition) is 3. The zero-order valence-electron chi connectivity index (χ0n) is 12.0. The van der Waals surface area contributed by atoms with E-state index in [1.54, 1.807) is 19.1 Å². The molecule has 1 aromatic carbocycles. The first-order valence-corrected chi connectivity index (χ1v) is 7.08. The summed E-state index contributed by atoms with van der Waals surface area (Å²) in [7, 11) is 0. The first kappa shape index (κ1) is 15.0. The topological polar surface area (TPSA) is 101 Å². The number of anilines is 1. The lowest BCUT2D eigenvalue weighted by molar-refractivity contribution is 0.103. The molecular weight excluding hydrogens is 288 g/mol. The summed E-state index contributed by atoms with van der Waals surface area (Å²) in [6.45, 7) is 5.47. The summed E-state index contributed by atoms with van der Waals surface area (Å²) in [6.07, 6.45) is 0. The lowest BCUT2D eigenvalue weighted by Crippen LogP contribution is -2.20. The van der Waals surface area contributed by atoms with Crippen LogP contribution < -0.4 is 11.1 Å². The van der Waals surface area contributed by atoms with Crippen LogP contribution >= 0.6 is 11.3 Å². The molecule has 1 heterocycles. The molecule has 0 aliphatic rings. The highest BCUT2D eigenvalue weighted by atomic mass is 32.1. The van der Waals surface area contributed by atoms with Gasteiger partial charge in [0.2, 0.25) is 0 Å². The van der Waals surface area contributed by atoms with Crippen LogP contribution in [0.5, 0.6) is 0 Å². The Kier molecular flexibility index (Phi) is 4.23. The fourth-order valence-corrected chi connectivity index (χ4v) is 2.90. The van der Waals surface area contributed by atoms with Gasteiger partial charge >= 0.3 is 0 Å². The number of nitrogens with one attached hydrogen (secondary N) is 1. The van der Waals surface area contributed by atoms with Crippen LogP contribution in [0, 0.1) is 20.8 Å². The van der Waals surface area contributed by atoms with Gasteiger partial charge in [0.15, 0.2) is 5.84 Å². The molecule has 110 valence electrons. The summed E-state index contributed by atoms with van der Waals surface area (Å²) in [5.41, 5.74) is 8.18. The Balaban J connectivity index is 2.38. The van der Waals surface area contributed by atoms with Crippen LogP contribution in [0.3, 0.4) is 0 Å². The van der Waals surface area contributed by atoms with Gasteiger partial charge in [-0.25, -0.2) is 4.98 Å². The van der Waals surface area contributed by atoms with Crippen molar-refractivity contribution >= 4 is 28.8 Å². The molecule has 0 fully saturated rings. The molecule has 0 saturated carbocycles. The second-order valence-corrected chi connectivity index (χ2v) is 5.79. The SMILES string of the molecule is Cc1nc(C)c(C(=O)Nc2cccc(C)c2/C(N)=N/O)s1. The van der Waals surface area contributed by atoms with Crippen LogP contribution in [0.25, 0.3) is 0 Å². The lowest BCUT2D eigenvalue weighted by Gasteiger charge is -2.12. The summed E-state index contributed by atoms with van der Waals surface area (Å²) < 4.78 is 0. The van der Waals surface area contributed by atoms with Gasteiger partial charge in [0.25, 0.3) is 5.91 Å². The molecule has 0 bridgehead atoms. The second-order valence-electron chi connectivity index (χ2n) is 4.58. The Morgan fingerprint density at radius 3 is 2.67 bits per heavy atom. The standard InChI is InChI=1S/C14H16N4O2S/c1-7-5-4-6-10(11(7)13(15)18-20)17-14(19)12-8(2)16-9(3)21-12/h4-6,20H,1-3H3,(H2,15,18)(H,17,19). The number of aromatic nitrogens is 1. The Morgan fingerprint density at radius 1 is 1.38 bits per heavy atom. The molecule has 0 radical (unpaired) electrons. The largest absolute Gasteiger partial charge is 0.409 e. The Bertz CT molecular complexity index is 722. The molecule has 2 aromatic rings. The quantitative estimate of drug-likeness (QED) is 0.351. The summed E-state index contributed by atoms with van der Waals surface area (Å²) in [4.78, 5) is 17.1. The number of aryl methyl sites for hydroxylation is 3. The number of amidine groups is 1. The van der Waals surface area contributed by atoms with Gasteiger partial charge in [-0.15, -0.1) is 11.3 Å². The molecule has 1 aromatic heterocycles. The first-order valence-electron chi connectivity index (χ1n) is 6.27. The number of nitrogens with zero attached hydrogens (tertiary/aromatic N) is 2. The second kappa shape index (κ2) is 5.92. The maximum atomic E-state index is 12.3. The van der Waals surface area contributed by atoms with Crippen molar-refractivity contribution in [1.82, 2.24) is 4.98 Å². The van der Waals surface area contributed by atoms with E-state index in [0.717, 1.165) is 10.6 Å². The van der Waals surface area contributed by atoms with E-state index in [0.29, 0.717) is 21.8 Å². The van der Waals surface area contributed by atoms with Gasteiger partial charge in [-0.3, -0.25) is 4.79 Å². The van der Waals surface area contributed by atoms with E-state index in [9.17, 15) is 4.79 Å².